The van der Waals surface area contributed by atoms with Crippen LogP contribution in [-0.2, 0) is 20.9 Å². The lowest BCUT2D eigenvalue weighted by molar-refractivity contribution is -0.140. The van der Waals surface area contributed by atoms with Gasteiger partial charge in [-0.2, -0.15) is 0 Å². The highest BCUT2D eigenvalue weighted by atomic mass is 35.5. The average molecular weight is 619 g/mol. The van der Waals surface area contributed by atoms with E-state index in [9.17, 15) is 19.2 Å². The van der Waals surface area contributed by atoms with Crippen molar-refractivity contribution >= 4 is 41.0 Å². The Morgan fingerprint density at radius 1 is 1.07 bits per heavy atom. The molecule has 2 atom stereocenters. The van der Waals surface area contributed by atoms with Crippen molar-refractivity contribution in [2.75, 3.05) is 39.6 Å². The summed E-state index contributed by atoms with van der Waals surface area (Å²) in [4.78, 5) is 56.4. The van der Waals surface area contributed by atoms with Crippen LogP contribution in [0.4, 0.5) is 10.5 Å². The van der Waals surface area contributed by atoms with Gasteiger partial charge in [0.2, 0.25) is 23.6 Å². The quantitative estimate of drug-likeness (QED) is 0.311. The minimum absolute atomic E-state index is 0.00447. The lowest BCUT2D eigenvalue weighted by atomic mass is 9.96. The van der Waals surface area contributed by atoms with Crippen LogP contribution in [0, 0.1) is 12.8 Å². The van der Waals surface area contributed by atoms with Crippen LogP contribution < -0.4 is 20.7 Å². The molecular formula is C32H35ClN6O5. The maximum absolute atomic E-state index is 13.2. The van der Waals surface area contributed by atoms with Crippen LogP contribution >= 0.6 is 11.6 Å². The number of ether oxygens (including phenoxy) is 1. The van der Waals surface area contributed by atoms with Crippen LogP contribution in [-0.4, -0.2) is 78.9 Å². The van der Waals surface area contributed by atoms with Crippen molar-refractivity contribution in [2.45, 2.75) is 32.4 Å². The minimum Gasteiger partial charge on any atom is -0.481 e. The minimum atomic E-state index is -1.01. The number of urea groups is 1. The molecule has 5 amide bonds. The first-order valence-corrected chi connectivity index (χ1v) is 14.7. The van der Waals surface area contributed by atoms with Gasteiger partial charge in [-0.15, -0.1) is 0 Å². The smallest absolute Gasteiger partial charge is 0.326 e. The van der Waals surface area contributed by atoms with Gasteiger partial charge >= 0.3 is 6.03 Å². The Bertz CT molecular complexity index is 1630. The first-order valence-electron chi connectivity index (χ1n) is 14.4. The predicted molar refractivity (Wildman–Crippen MR) is 167 cm³/mol. The number of hydrogen-bond acceptors (Lipinski definition) is 7. The van der Waals surface area contributed by atoms with Crippen LogP contribution in [0.5, 0.6) is 5.88 Å². The zero-order valence-electron chi connectivity index (χ0n) is 25.1. The number of amides is 5. The summed E-state index contributed by atoms with van der Waals surface area (Å²) in [7, 11) is 4.50. The molecule has 0 spiro atoms. The number of halogens is 1. The molecule has 1 unspecified atom stereocenters. The van der Waals surface area contributed by atoms with Crippen molar-refractivity contribution in [3.05, 3.63) is 64.7 Å². The van der Waals surface area contributed by atoms with Crippen molar-refractivity contribution in [1.82, 2.24) is 25.4 Å². The van der Waals surface area contributed by atoms with Crippen LogP contribution in [0.3, 0.4) is 0 Å². The number of anilines is 1. The van der Waals surface area contributed by atoms with Gasteiger partial charge in [0.1, 0.15) is 5.92 Å². The highest BCUT2D eigenvalue weighted by Crippen LogP contribution is 2.39. The number of imide groups is 1. The summed E-state index contributed by atoms with van der Waals surface area (Å²) < 4.78 is 5.60. The van der Waals surface area contributed by atoms with E-state index in [1.165, 1.54) is 11.9 Å². The molecule has 12 heteroatoms. The molecule has 230 valence electrons. The standard InChI is InChI=1S/C32H35ClN6O5/c1-18-21(7-6-10-25(18)36-29(41)24-17-38(2)32(43)39(3)31(24)42)22-8-5-9-23(28(22)33)26-13-11-19(30(37-26)44-4)15-34-16-20-12-14-27(40)35-20/h5-11,13,20,24,34H,12,14-17H2,1-4H3,(H,35,40)(H,36,41)/t20-,24?/m0/s1. The van der Waals surface area contributed by atoms with Crippen molar-refractivity contribution in [3.8, 4) is 28.3 Å². The third kappa shape index (κ3) is 6.24. The van der Waals surface area contributed by atoms with E-state index in [1.54, 1.807) is 20.2 Å². The number of nitrogens with zero attached hydrogens (tertiary/aromatic N) is 3. The Morgan fingerprint density at radius 3 is 2.52 bits per heavy atom. The Morgan fingerprint density at radius 2 is 1.80 bits per heavy atom. The van der Waals surface area contributed by atoms with E-state index in [1.807, 2.05) is 49.4 Å². The molecule has 2 aromatic carbocycles. The number of methoxy groups -OCH3 is 1. The maximum atomic E-state index is 13.2. The SMILES string of the molecule is COc1nc(-c2cccc(-c3cccc(NC(=O)C4CN(C)C(=O)N(C)C4=O)c3C)c2Cl)ccc1CNC[C@@H]1CCC(=O)N1. The molecule has 3 aromatic rings. The second-order valence-electron chi connectivity index (χ2n) is 11.0. The monoisotopic (exact) mass is 618 g/mol. The average Bonchev–Trinajstić information content (AvgIpc) is 3.44. The summed E-state index contributed by atoms with van der Waals surface area (Å²) in [6.45, 7) is 3.07. The summed E-state index contributed by atoms with van der Waals surface area (Å²) in [5.74, 6) is -1.48. The van der Waals surface area contributed by atoms with E-state index in [0.29, 0.717) is 47.4 Å². The topological polar surface area (TPSA) is 133 Å². The lowest BCUT2D eigenvalue weighted by Gasteiger charge is -2.33. The van der Waals surface area contributed by atoms with Gasteiger partial charge in [0.25, 0.3) is 0 Å². The molecule has 0 aliphatic carbocycles. The van der Waals surface area contributed by atoms with Gasteiger partial charge in [-0.05, 0) is 36.6 Å². The summed E-state index contributed by atoms with van der Waals surface area (Å²) in [5.41, 5.74) is 5.10. The summed E-state index contributed by atoms with van der Waals surface area (Å²) >= 11 is 7.00. The number of benzene rings is 2. The maximum Gasteiger partial charge on any atom is 0.326 e. The molecule has 0 radical (unpaired) electrons. The molecule has 1 aromatic heterocycles. The molecule has 0 saturated carbocycles. The van der Waals surface area contributed by atoms with Crippen LogP contribution in [0.15, 0.2) is 48.5 Å². The Labute approximate surface area is 260 Å². The second kappa shape index (κ2) is 13.0. The fourth-order valence-corrected chi connectivity index (χ4v) is 5.90. The molecule has 2 saturated heterocycles. The van der Waals surface area contributed by atoms with Gasteiger partial charge in [0.15, 0.2) is 0 Å². The molecular weight excluding hydrogens is 584 g/mol. The molecule has 11 nitrogen and oxygen atoms in total. The van der Waals surface area contributed by atoms with E-state index < -0.39 is 23.8 Å². The third-order valence-corrected chi connectivity index (χ3v) is 8.50. The Kier molecular flexibility index (Phi) is 9.17. The fraction of sp³-hybridized carbons (Fsp3) is 0.344. The van der Waals surface area contributed by atoms with Gasteiger partial charge in [0.05, 0.1) is 17.8 Å². The summed E-state index contributed by atoms with van der Waals surface area (Å²) in [6, 6.07) is 14.7. The lowest BCUT2D eigenvalue weighted by Crippen LogP contribution is -2.56. The van der Waals surface area contributed by atoms with Gasteiger partial charge in [-0.3, -0.25) is 19.3 Å². The number of hydrogen-bond donors (Lipinski definition) is 3. The summed E-state index contributed by atoms with van der Waals surface area (Å²) in [5, 5.41) is 9.68. The predicted octanol–water partition coefficient (Wildman–Crippen LogP) is 3.83. The first kappa shape index (κ1) is 31.0. The molecule has 5 rings (SSSR count). The first-order chi connectivity index (χ1) is 21.1. The van der Waals surface area contributed by atoms with E-state index in [4.69, 9.17) is 21.3 Å². The number of aromatic nitrogens is 1. The fourth-order valence-electron chi connectivity index (χ4n) is 5.57. The van der Waals surface area contributed by atoms with Crippen molar-refractivity contribution in [2.24, 2.45) is 5.92 Å². The molecule has 2 aliphatic rings. The van der Waals surface area contributed by atoms with Crippen molar-refractivity contribution < 1.29 is 23.9 Å². The number of carbonyl (C=O) groups is 4. The second-order valence-corrected chi connectivity index (χ2v) is 11.4. The number of nitrogens with one attached hydrogen (secondary N) is 3. The Balaban J connectivity index is 1.35. The molecule has 2 aliphatic heterocycles. The third-order valence-electron chi connectivity index (χ3n) is 8.10. The normalized spacial score (nSPS) is 18.4. The van der Waals surface area contributed by atoms with Gasteiger partial charge in [-0.1, -0.05) is 48.0 Å². The molecule has 3 N–H and O–H groups in total. The summed E-state index contributed by atoms with van der Waals surface area (Å²) in [6.07, 6.45) is 1.38. The number of carbonyl (C=O) groups excluding carboxylic acids is 4. The molecule has 0 bridgehead atoms. The molecule has 2 fully saturated rings. The van der Waals surface area contributed by atoms with Crippen LogP contribution in [0.2, 0.25) is 5.02 Å². The number of rotatable bonds is 9. The molecule has 44 heavy (non-hydrogen) atoms. The van der Waals surface area contributed by atoms with E-state index >= 15 is 0 Å². The van der Waals surface area contributed by atoms with Gasteiger partial charge < -0.3 is 25.6 Å². The van der Waals surface area contributed by atoms with Crippen molar-refractivity contribution in [3.63, 3.8) is 0 Å². The number of pyridine rings is 1. The van der Waals surface area contributed by atoms with Crippen LogP contribution in [0.1, 0.15) is 24.0 Å². The van der Waals surface area contributed by atoms with E-state index in [2.05, 4.69) is 16.0 Å². The highest BCUT2D eigenvalue weighted by Gasteiger charge is 2.39. The largest absolute Gasteiger partial charge is 0.481 e. The van der Waals surface area contributed by atoms with Gasteiger partial charge in [-0.25, -0.2) is 9.78 Å². The highest BCUT2D eigenvalue weighted by molar-refractivity contribution is 6.36. The van der Waals surface area contributed by atoms with Crippen molar-refractivity contribution in [1.29, 1.82) is 0 Å². The van der Waals surface area contributed by atoms with Gasteiger partial charge in [0, 0.05) is 68.6 Å². The molecule has 3 heterocycles. The van der Waals surface area contributed by atoms with E-state index in [-0.39, 0.29) is 18.5 Å². The van der Waals surface area contributed by atoms with E-state index in [0.717, 1.165) is 33.6 Å². The van der Waals surface area contributed by atoms with Crippen LogP contribution in [0.25, 0.3) is 22.4 Å². The zero-order chi connectivity index (χ0) is 31.5. The Hall–Kier alpha value is -4.48. The zero-order valence-corrected chi connectivity index (χ0v) is 25.8.